The average Bonchev–Trinajstić information content (AvgIpc) is 3.54. The molecule has 1 unspecified atom stereocenters. The fourth-order valence-electron chi connectivity index (χ4n) is 5.65. The van der Waals surface area contributed by atoms with Crippen molar-refractivity contribution >= 4 is 15.4 Å². The first-order chi connectivity index (χ1) is 17.9. The van der Waals surface area contributed by atoms with E-state index in [9.17, 15) is 12.8 Å². The lowest BCUT2D eigenvalue weighted by Gasteiger charge is -2.29. The van der Waals surface area contributed by atoms with E-state index in [4.69, 9.17) is 0 Å². The summed E-state index contributed by atoms with van der Waals surface area (Å²) < 4.78 is 38.0. The van der Waals surface area contributed by atoms with Gasteiger partial charge in [-0.2, -0.15) is 0 Å². The number of pyridine rings is 1. The van der Waals surface area contributed by atoms with Crippen LogP contribution in [0.15, 0.2) is 84.0 Å². The smallest absolute Gasteiger partial charge is 0.175 e. The van der Waals surface area contributed by atoms with Crippen LogP contribution in [0.2, 0.25) is 0 Å². The number of nitrogens with one attached hydrogen (secondary N) is 1. The van der Waals surface area contributed by atoms with Gasteiger partial charge in [0.1, 0.15) is 5.82 Å². The van der Waals surface area contributed by atoms with Gasteiger partial charge in [0.15, 0.2) is 9.84 Å². The Morgan fingerprint density at radius 1 is 0.865 bits per heavy atom. The van der Waals surface area contributed by atoms with Crippen LogP contribution in [0, 0.1) is 5.82 Å². The summed E-state index contributed by atoms with van der Waals surface area (Å²) in [7, 11) is -3.30. The van der Waals surface area contributed by atoms with Crippen molar-refractivity contribution in [3.05, 3.63) is 90.5 Å². The van der Waals surface area contributed by atoms with Gasteiger partial charge in [-0.1, -0.05) is 18.2 Å². The fraction of sp³-hybridized carbons (Fsp3) is 0.233. The molecule has 4 heterocycles. The number of benzene rings is 2. The Hall–Kier alpha value is -3.55. The monoisotopic (exact) mass is 513 g/mol. The minimum atomic E-state index is -3.30. The minimum Gasteiger partial charge on any atom is -0.354 e. The van der Waals surface area contributed by atoms with E-state index >= 15 is 0 Å². The molecule has 0 saturated carbocycles. The summed E-state index contributed by atoms with van der Waals surface area (Å²) in [5, 5.41) is 0. The SMILES string of the molecule is CS(=O)(=O)c1ccc(-c2[nH]c(-c3ccc(F)cc3)c(-c3ccncc3)c2C2=CC3CCCN3CC2)cc1. The number of hydrogen-bond donors (Lipinski definition) is 1. The number of halogens is 1. The highest BCUT2D eigenvalue weighted by atomic mass is 32.2. The van der Waals surface area contributed by atoms with Crippen LogP contribution >= 0.6 is 0 Å². The molecule has 2 aromatic carbocycles. The van der Waals surface area contributed by atoms with Crippen LogP contribution in [-0.4, -0.2) is 48.7 Å². The van der Waals surface area contributed by atoms with Gasteiger partial charge in [-0.25, -0.2) is 12.8 Å². The first-order valence-corrected chi connectivity index (χ1v) is 14.5. The standard InChI is InChI=1S/C30H28FN3O2S/c1-37(35,36)26-10-6-22(7-11-26)30-28(23-14-18-34-17-2-3-25(34)19-23)27(20-12-15-32-16-13-20)29(33-30)21-4-8-24(31)9-5-21/h4-13,15-16,19,25,33H,2-3,14,17-18H2,1H3. The fourth-order valence-corrected chi connectivity index (χ4v) is 6.28. The van der Waals surface area contributed by atoms with E-state index in [1.165, 1.54) is 30.4 Å². The third-order valence-electron chi connectivity index (χ3n) is 7.47. The molecule has 1 saturated heterocycles. The van der Waals surface area contributed by atoms with E-state index in [2.05, 4.69) is 20.9 Å². The number of rotatable bonds is 5. The second kappa shape index (κ2) is 9.39. The topological polar surface area (TPSA) is 66.1 Å². The number of aromatic amines is 1. The molecule has 6 rings (SSSR count). The molecule has 5 nitrogen and oxygen atoms in total. The van der Waals surface area contributed by atoms with Crippen molar-refractivity contribution in [3.8, 4) is 33.6 Å². The second-order valence-electron chi connectivity index (χ2n) is 9.85. The van der Waals surface area contributed by atoms with Crippen molar-refractivity contribution in [2.45, 2.75) is 30.2 Å². The molecule has 0 bridgehead atoms. The van der Waals surface area contributed by atoms with Crippen LogP contribution in [0.5, 0.6) is 0 Å². The van der Waals surface area contributed by atoms with Crippen LogP contribution in [-0.2, 0) is 9.84 Å². The first-order valence-electron chi connectivity index (χ1n) is 12.6. The molecule has 2 aromatic heterocycles. The Kier molecular flexibility index (Phi) is 6.05. The number of nitrogens with zero attached hydrogens (tertiary/aromatic N) is 2. The third-order valence-corrected chi connectivity index (χ3v) is 8.60. The van der Waals surface area contributed by atoms with E-state index in [1.807, 2.05) is 24.3 Å². The molecule has 1 atom stereocenters. The van der Waals surface area contributed by atoms with Gasteiger partial charge >= 0.3 is 0 Å². The van der Waals surface area contributed by atoms with Crippen molar-refractivity contribution in [1.82, 2.24) is 14.9 Å². The molecule has 1 N–H and O–H groups in total. The maximum Gasteiger partial charge on any atom is 0.175 e. The summed E-state index contributed by atoms with van der Waals surface area (Å²) in [4.78, 5) is 10.7. The Bertz CT molecular complexity index is 1570. The lowest BCUT2D eigenvalue weighted by molar-refractivity contribution is 0.288. The summed E-state index contributed by atoms with van der Waals surface area (Å²) >= 11 is 0. The molecule has 7 heteroatoms. The molecular weight excluding hydrogens is 485 g/mol. The molecular formula is C30H28FN3O2S. The highest BCUT2D eigenvalue weighted by Gasteiger charge is 2.30. The van der Waals surface area contributed by atoms with Gasteiger partial charge in [0, 0.05) is 42.4 Å². The average molecular weight is 514 g/mol. The van der Waals surface area contributed by atoms with Gasteiger partial charge in [-0.15, -0.1) is 0 Å². The predicted molar refractivity (Wildman–Crippen MR) is 145 cm³/mol. The zero-order valence-corrected chi connectivity index (χ0v) is 21.4. The summed E-state index contributed by atoms with van der Waals surface area (Å²) in [6.45, 7) is 2.15. The normalized spacial score (nSPS) is 18.0. The van der Waals surface area contributed by atoms with Crippen LogP contribution in [0.25, 0.3) is 39.2 Å². The molecule has 2 aliphatic heterocycles. The molecule has 188 valence electrons. The van der Waals surface area contributed by atoms with Crippen LogP contribution < -0.4 is 0 Å². The number of hydrogen-bond acceptors (Lipinski definition) is 4. The van der Waals surface area contributed by atoms with E-state index in [-0.39, 0.29) is 10.7 Å². The van der Waals surface area contributed by atoms with Gasteiger partial charge in [0.2, 0.25) is 0 Å². The van der Waals surface area contributed by atoms with Gasteiger partial charge in [-0.3, -0.25) is 9.88 Å². The molecule has 4 aromatic rings. The van der Waals surface area contributed by atoms with Crippen molar-refractivity contribution < 1.29 is 12.8 Å². The highest BCUT2D eigenvalue weighted by molar-refractivity contribution is 7.90. The largest absolute Gasteiger partial charge is 0.354 e. The summed E-state index contributed by atoms with van der Waals surface area (Å²) in [6, 6.07) is 18.0. The lowest BCUT2D eigenvalue weighted by atomic mass is 9.88. The molecule has 0 aliphatic carbocycles. The quantitative estimate of drug-likeness (QED) is 0.345. The number of sulfone groups is 1. The minimum absolute atomic E-state index is 0.283. The van der Waals surface area contributed by atoms with Gasteiger partial charge < -0.3 is 4.98 Å². The number of H-pyrrole nitrogens is 1. The van der Waals surface area contributed by atoms with Crippen molar-refractivity contribution in [3.63, 3.8) is 0 Å². The van der Waals surface area contributed by atoms with Gasteiger partial charge in [0.05, 0.1) is 16.3 Å². The van der Waals surface area contributed by atoms with E-state index in [0.717, 1.165) is 65.1 Å². The van der Waals surface area contributed by atoms with Crippen LogP contribution in [0.1, 0.15) is 24.8 Å². The molecule has 0 amide bonds. The Balaban J connectivity index is 1.62. The lowest BCUT2D eigenvalue weighted by Crippen LogP contribution is -2.32. The summed E-state index contributed by atoms with van der Waals surface area (Å²) in [5.41, 5.74) is 8.09. The Labute approximate surface area is 216 Å². The van der Waals surface area contributed by atoms with Gasteiger partial charge in [0.25, 0.3) is 0 Å². The Morgan fingerprint density at radius 2 is 1.51 bits per heavy atom. The molecule has 0 spiro atoms. The van der Waals surface area contributed by atoms with Crippen LogP contribution in [0.4, 0.5) is 4.39 Å². The third kappa shape index (κ3) is 4.54. The van der Waals surface area contributed by atoms with Gasteiger partial charge in [-0.05, 0) is 96.6 Å². The Morgan fingerprint density at radius 3 is 2.19 bits per heavy atom. The van der Waals surface area contributed by atoms with Crippen molar-refractivity contribution in [1.29, 1.82) is 0 Å². The van der Waals surface area contributed by atoms with E-state index < -0.39 is 9.84 Å². The maximum atomic E-state index is 13.8. The van der Waals surface area contributed by atoms with Crippen molar-refractivity contribution in [2.24, 2.45) is 0 Å². The first kappa shape index (κ1) is 23.8. The molecule has 1 fully saturated rings. The number of fused-ring (bicyclic) bond motifs is 1. The van der Waals surface area contributed by atoms with E-state index in [1.54, 1.807) is 36.7 Å². The summed E-state index contributed by atoms with van der Waals surface area (Å²) in [5.74, 6) is -0.283. The molecule has 0 radical (unpaired) electrons. The maximum absolute atomic E-state index is 13.8. The molecule has 37 heavy (non-hydrogen) atoms. The van der Waals surface area contributed by atoms with Crippen molar-refractivity contribution in [2.75, 3.05) is 19.3 Å². The zero-order chi connectivity index (χ0) is 25.6. The predicted octanol–water partition coefficient (Wildman–Crippen LogP) is 6.20. The number of aromatic nitrogens is 2. The zero-order valence-electron chi connectivity index (χ0n) is 20.6. The van der Waals surface area contributed by atoms with E-state index in [0.29, 0.717) is 6.04 Å². The highest BCUT2D eigenvalue weighted by Crippen LogP contribution is 2.46. The van der Waals surface area contributed by atoms with Crippen LogP contribution in [0.3, 0.4) is 0 Å². The summed E-state index contributed by atoms with van der Waals surface area (Å²) in [6.07, 6.45) is 10.5. The molecule has 2 aliphatic rings. The second-order valence-corrected chi connectivity index (χ2v) is 11.9.